The van der Waals surface area contributed by atoms with E-state index < -0.39 is 70.3 Å². The first-order valence-electron chi connectivity index (χ1n) is 11.4. The first-order chi connectivity index (χ1) is 18.1. The highest BCUT2D eigenvalue weighted by molar-refractivity contribution is 9.10. The number of carbonyl (C=O) groups is 2. The Morgan fingerprint density at radius 1 is 0.605 bits per heavy atom. The summed E-state index contributed by atoms with van der Waals surface area (Å²) in [5.41, 5.74) is 1.74. The molecule has 10 heteroatoms. The first-order valence-corrected chi connectivity index (χ1v) is 13.0. The number of hydrogen-bond donors (Lipinski definition) is 0. The van der Waals surface area contributed by atoms with Crippen LogP contribution >= 0.6 is 31.9 Å². The largest absolute Gasteiger partial charge is 0.274 e. The number of imide groups is 1. The Kier molecular flexibility index (Phi) is 5.95. The van der Waals surface area contributed by atoms with Gasteiger partial charge in [0, 0.05) is 20.8 Å². The van der Waals surface area contributed by atoms with Gasteiger partial charge in [0.15, 0.2) is 23.3 Å². The molecule has 0 radical (unpaired) electrons. The number of carbonyl (C=O) groups excluding carboxylic acids is 2. The minimum absolute atomic E-state index is 0.133. The lowest BCUT2D eigenvalue weighted by atomic mass is 9.85. The lowest BCUT2D eigenvalue weighted by molar-refractivity contribution is -0.123. The number of rotatable bonds is 3. The highest BCUT2D eigenvalue weighted by Gasteiger charge is 2.63. The Bertz CT molecular complexity index is 1490. The molecule has 0 aromatic heterocycles. The molecule has 1 heterocycles. The summed E-state index contributed by atoms with van der Waals surface area (Å²) in [6, 6.07) is 15.0. The van der Waals surface area contributed by atoms with E-state index >= 15 is 0 Å². The second kappa shape index (κ2) is 8.98. The van der Waals surface area contributed by atoms with Gasteiger partial charge < -0.3 is 0 Å². The van der Waals surface area contributed by atoms with Crippen LogP contribution in [0, 0.1) is 52.8 Å². The fourth-order valence-electron chi connectivity index (χ4n) is 5.84. The molecule has 3 aromatic carbocycles. The van der Waals surface area contributed by atoms with Crippen molar-refractivity contribution < 1.29 is 31.5 Å². The summed E-state index contributed by atoms with van der Waals surface area (Å²) in [5, 5.41) is 0. The van der Waals surface area contributed by atoms with Gasteiger partial charge in [0.25, 0.3) is 0 Å². The highest BCUT2D eigenvalue weighted by Crippen LogP contribution is 2.59. The molecule has 0 spiro atoms. The predicted molar refractivity (Wildman–Crippen MR) is 136 cm³/mol. The maximum atomic E-state index is 14.6. The van der Waals surface area contributed by atoms with Crippen molar-refractivity contribution in [2.45, 2.75) is 0 Å². The van der Waals surface area contributed by atoms with E-state index in [1.165, 1.54) is 0 Å². The van der Waals surface area contributed by atoms with E-state index in [-0.39, 0.29) is 4.90 Å². The zero-order valence-corrected chi connectivity index (χ0v) is 22.2. The number of anilines is 1. The molecule has 3 aromatic rings. The Balaban J connectivity index is 1.50. The van der Waals surface area contributed by atoms with Crippen molar-refractivity contribution in [1.82, 2.24) is 0 Å². The molecular weight excluding hydrogens is 637 g/mol. The van der Waals surface area contributed by atoms with Crippen LogP contribution in [-0.4, -0.2) is 11.8 Å². The normalized spacial score (nSPS) is 23.6. The van der Waals surface area contributed by atoms with Gasteiger partial charge in [0.1, 0.15) is 5.69 Å². The summed E-state index contributed by atoms with van der Waals surface area (Å²) in [5.74, 6) is -16.5. The molecule has 4 unspecified atom stereocenters. The number of hydrogen-bond acceptors (Lipinski definition) is 2. The third-order valence-electron chi connectivity index (χ3n) is 7.38. The van der Waals surface area contributed by atoms with Gasteiger partial charge in [-0.1, -0.05) is 68.3 Å². The molecule has 38 heavy (non-hydrogen) atoms. The van der Waals surface area contributed by atoms with Crippen LogP contribution in [0.25, 0.3) is 5.57 Å². The van der Waals surface area contributed by atoms with Crippen LogP contribution in [0.15, 0.2) is 75.2 Å². The molecule has 0 N–H and O–H groups in total. The minimum atomic E-state index is -2.36. The fraction of sp³-hybridized carbons (Fsp3) is 0.143. The fourth-order valence-corrected chi connectivity index (χ4v) is 6.37. The molecular formula is C28H14Br2F5NO2. The second-order valence-electron chi connectivity index (χ2n) is 9.26. The van der Waals surface area contributed by atoms with Crippen LogP contribution in [0.2, 0.25) is 0 Å². The van der Waals surface area contributed by atoms with Gasteiger partial charge in [-0.15, -0.1) is 0 Å². The Hall–Kier alpha value is -3.11. The molecule has 1 saturated carbocycles. The average Bonchev–Trinajstić information content (AvgIpc) is 3.54. The highest BCUT2D eigenvalue weighted by atomic mass is 79.9. The average molecular weight is 651 g/mol. The maximum Gasteiger partial charge on any atom is 0.238 e. The third-order valence-corrected chi connectivity index (χ3v) is 8.44. The molecule has 2 aliphatic carbocycles. The molecule has 2 fully saturated rings. The topological polar surface area (TPSA) is 37.4 Å². The molecule has 6 rings (SSSR count). The van der Waals surface area contributed by atoms with Crippen molar-refractivity contribution in [1.29, 1.82) is 0 Å². The molecule has 4 atom stereocenters. The third kappa shape index (κ3) is 3.49. The standard InChI is InChI=1S/C28H14Br2F5NO2/c29-13-5-1-11(2-6-13)17(12-3-7-14(30)8-4-12)18-15-9-10-16(18)20-19(15)27(37)36(28(20)38)26-24(34)22(32)21(31)23(33)25(26)35/h1-10,15-16,19-20H. The zero-order chi connectivity index (χ0) is 27.0. The minimum Gasteiger partial charge on any atom is -0.274 e. The van der Waals surface area contributed by atoms with Crippen molar-refractivity contribution >= 4 is 54.9 Å². The lowest BCUT2D eigenvalue weighted by Gasteiger charge is -2.22. The Morgan fingerprint density at radius 3 is 1.37 bits per heavy atom. The van der Waals surface area contributed by atoms with Gasteiger partial charge in [-0.2, -0.15) is 0 Å². The number of nitrogens with zero attached hydrogens (tertiary/aromatic N) is 1. The van der Waals surface area contributed by atoms with Crippen LogP contribution < -0.4 is 4.90 Å². The van der Waals surface area contributed by atoms with Gasteiger partial charge in [-0.05, 0) is 46.5 Å². The van der Waals surface area contributed by atoms with Gasteiger partial charge >= 0.3 is 0 Å². The van der Waals surface area contributed by atoms with Gasteiger partial charge in [0.2, 0.25) is 17.6 Å². The Morgan fingerprint density at radius 2 is 0.974 bits per heavy atom. The first kappa shape index (κ1) is 25.2. The summed E-state index contributed by atoms with van der Waals surface area (Å²) < 4.78 is 72.4. The van der Waals surface area contributed by atoms with Crippen LogP contribution in [0.1, 0.15) is 11.1 Å². The number of allylic oxidation sites excluding steroid dienone is 3. The van der Waals surface area contributed by atoms with E-state index in [1.54, 1.807) is 12.2 Å². The summed E-state index contributed by atoms with van der Waals surface area (Å²) in [7, 11) is 0. The Labute approximate surface area is 229 Å². The SMILES string of the molecule is O=C1C2C3C=CC(C3=C(c3ccc(Br)cc3)c3ccc(Br)cc3)C2C(=O)N1c1c(F)c(F)c(F)c(F)c1F. The number of amides is 2. The van der Waals surface area contributed by atoms with E-state index in [9.17, 15) is 31.5 Å². The predicted octanol–water partition coefficient (Wildman–Crippen LogP) is 7.33. The summed E-state index contributed by atoms with van der Waals surface area (Å²) in [4.78, 5) is 27.1. The number of halogens is 7. The summed E-state index contributed by atoms with van der Waals surface area (Å²) >= 11 is 6.85. The van der Waals surface area contributed by atoms with E-state index in [1.807, 2.05) is 48.5 Å². The maximum absolute atomic E-state index is 14.6. The zero-order valence-electron chi connectivity index (χ0n) is 19.0. The van der Waals surface area contributed by atoms with Crippen molar-refractivity contribution in [2.75, 3.05) is 4.90 Å². The van der Waals surface area contributed by atoms with Crippen LogP contribution in [0.4, 0.5) is 27.6 Å². The van der Waals surface area contributed by atoms with E-state index in [2.05, 4.69) is 31.9 Å². The van der Waals surface area contributed by atoms with Crippen molar-refractivity contribution in [3.8, 4) is 0 Å². The van der Waals surface area contributed by atoms with Crippen molar-refractivity contribution in [2.24, 2.45) is 23.7 Å². The lowest BCUT2D eigenvalue weighted by Crippen LogP contribution is -2.35. The number of benzene rings is 3. The van der Waals surface area contributed by atoms with Crippen molar-refractivity contribution in [3.05, 3.63) is 115 Å². The number of fused-ring (bicyclic) bond motifs is 5. The van der Waals surface area contributed by atoms with Crippen LogP contribution in [0.3, 0.4) is 0 Å². The molecule has 2 bridgehead atoms. The molecule has 1 saturated heterocycles. The van der Waals surface area contributed by atoms with E-state index in [0.29, 0.717) is 0 Å². The molecule has 2 amide bonds. The molecule has 1 aliphatic heterocycles. The van der Waals surface area contributed by atoms with Crippen LogP contribution in [0.5, 0.6) is 0 Å². The van der Waals surface area contributed by atoms with Gasteiger partial charge in [-0.25, -0.2) is 26.9 Å². The summed E-state index contributed by atoms with van der Waals surface area (Å²) in [6.45, 7) is 0. The second-order valence-corrected chi connectivity index (χ2v) is 11.1. The monoisotopic (exact) mass is 649 g/mol. The quantitative estimate of drug-likeness (QED) is 0.0979. The van der Waals surface area contributed by atoms with Gasteiger partial charge in [0.05, 0.1) is 11.8 Å². The van der Waals surface area contributed by atoms with E-state index in [4.69, 9.17) is 0 Å². The van der Waals surface area contributed by atoms with Gasteiger partial charge in [-0.3, -0.25) is 9.59 Å². The molecule has 3 nitrogen and oxygen atoms in total. The molecule has 192 valence electrons. The summed E-state index contributed by atoms with van der Waals surface area (Å²) in [6.07, 6.45) is 3.54. The van der Waals surface area contributed by atoms with Crippen LogP contribution in [-0.2, 0) is 9.59 Å². The van der Waals surface area contributed by atoms with E-state index in [0.717, 1.165) is 31.2 Å². The molecule has 3 aliphatic rings. The van der Waals surface area contributed by atoms with Crippen molar-refractivity contribution in [3.63, 3.8) is 0 Å². The smallest absolute Gasteiger partial charge is 0.238 e.